The Bertz CT molecular complexity index is 437. The first-order valence-corrected chi connectivity index (χ1v) is 5.97. The van der Waals surface area contributed by atoms with E-state index in [1.165, 1.54) is 29.5 Å². The Labute approximate surface area is 96.0 Å². The lowest BCUT2D eigenvalue weighted by molar-refractivity contribution is 0.631. The van der Waals surface area contributed by atoms with Crippen molar-refractivity contribution in [2.24, 2.45) is 4.99 Å². The average Bonchev–Trinajstić information content (AvgIpc) is 2.90. The molecule has 3 heteroatoms. The highest BCUT2D eigenvalue weighted by molar-refractivity contribution is 5.81. The number of nitrogens with zero attached hydrogens (tertiary/aromatic N) is 1. The van der Waals surface area contributed by atoms with Gasteiger partial charge in [-0.15, -0.1) is 0 Å². The van der Waals surface area contributed by atoms with Gasteiger partial charge in [0.1, 0.15) is 0 Å². The van der Waals surface area contributed by atoms with E-state index in [2.05, 4.69) is 40.7 Å². The molecule has 0 radical (unpaired) electrons. The molecule has 1 atom stereocenters. The van der Waals surface area contributed by atoms with Crippen LogP contribution in [0.25, 0.3) is 0 Å². The first-order chi connectivity index (χ1) is 7.83. The molecule has 0 saturated heterocycles. The molecule has 3 rings (SSSR count). The zero-order chi connectivity index (χ0) is 11.0. The number of hydrogen-bond acceptors (Lipinski definition) is 3. The maximum atomic E-state index is 4.39. The first-order valence-electron chi connectivity index (χ1n) is 5.97. The van der Waals surface area contributed by atoms with E-state index < -0.39 is 0 Å². The van der Waals surface area contributed by atoms with Crippen molar-refractivity contribution < 1.29 is 0 Å². The Hall–Kier alpha value is -1.51. The van der Waals surface area contributed by atoms with E-state index in [-0.39, 0.29) is 0 Å². The third-order valence-corrected chi connectivity index (χ3v) is 3.36. The summed E-state index contributed by atoms with van der Waals surface area (Å²) >= 11 is 0. The number of hydrogen-bond donors (Lipinski definition) is 2. The average molecular weight is 215 g/mol. The van der Waals surface area contributed by atoms with E-state index >= 15 is 0 Å². The van der Waals surface area contributed by atoms with Crippen LogP contribution >= 0.6 is 0 Å². The molecule has 2 N–H and O–H groups in total. The second-order valence-corrected chi connectivity index (χ2v) is 4.59. The fourth-order valence-corrected chi connectivity index (χ4v) is 2.53. The summed E-state index contributed by atoms with van der Waals surface area (Å²) < 4.78 is 0. The van der Waals surface area contributed by atoms with Gasteiger partial charge >= 0.3 is 0 Å². The van der Waals surface area contributed by atoms with Gasteiger partial charge in [0.25, 0.3) is 0 Å². The Kier molecular flexibility index (Phi) is 2.31. The Morgan fingerprint density at radius 2 is 2.38 bits per heavy atom. The van der Waals surface area contributed by atoms with E-state index in [1.807, 2.05) is 0 Å². The number of aryl methyl sites for hydroxylation is 2. The number of guanidine groups is 1. The number of nitrogens with one attached hydrogen (secondary N) is 2. The van der Waals surface area contributed by atoms with Crippen LogP contribution < -0.4 is 10.6 Å². The molecular weight excluding hydrogens is 198 g/mol. The largest absolute Gasteiger partial charge is 0.355 e. The van der Waals surface area contributed by atoms with Gasteiger partial charge in [0, 0.05) is 6.54 Å². The molecule has 0 spiro atoms. The quantitative estimate of drug-likeness (QED) is 0.745. The van der Waals surface area contributed by atoms with E-state index in [0.717, 1.165) is 19.0 Å². The smallest absolute Gasteiger partial charge is 0.191 e. The lowest BCUT2D eigenvalue weighted by atomic mass is 10.1. The molecule has 1 aliphatic heterocycles. The molecular formula is C13H17N3. The van der Waals surface area contributed by atoms with Crippen molar-refractivity contribution >= 4 is 5.96 Å². The minimum atomic E-state index is 0.444. The third-order valence-electron chi connectivity index (χ3n) is 3.36. The second kappa shape index (κ2) is 3.81. The van der Waals surface area contributed by atoms with Crippen LogP contribution in [-0.4, -0.2) is 19.0 Å². The predicted molar refractivity (Wildman–Crippen MR) is 65.7 cm³/mol. The number of aliphatic imine (C=N–C) groups is 1. The SMILES string of the molecule is Cc1ccc2c(c1)C(NC1=NCCN1)CC2. The van der Waals surface area contributed by atoms with Crippen LogP contribution in [-0.2, 0) is 6.42 Å². The van der Waals surface area contributed by atoms with E-state index in [0.29, 0.717) is 6.04 Å². The van der Waals surface area contributed by atoms with Crippen molar-refractivity contribution in [3.63, 3.8) is 0 Å². The molecule has 0 bridgehead atoms. The van der Waals surface area contributed by atoms with Gasteiger partial charge in [-0.1, -0.05) is 23.8 Å². The van der Waals surface area contributed by atoms with Crippen molar-refractivity contribution in [3.8, 4) is 0 Å². The fraction of sp³-hybridized carbons (Fsp3) is 0.462. The van der Waals surface area contributed by atoms with Crippen LogP contribution in [0.3, 0.4) is 0 Å². The van der Waals surface area contributed by atoms with Gasteiger partial charge in [-0.05, 0) is 30.9 Å². The summed E-state index contributed by atoms with van der Waals surface area (Å²) in [4.78, 5) is 4.39. The summed E-state index contributed by atoms with van der Waals surface area (Å²) in [6, 6.07) is 7.21. The minimum absolute atomic E-state index is 0.444. The molecule has 0 amide bonds. The Morgan fingerprint density at radius 1 is 1.44 bits per heavy atom. The molecule has 2 aliphatic rings. The van der Waals surface area contributed by atoms with Crippen molar-refractivity contribution in [1.29, 1.82) is 0 Å². The summed E-state index contributed by atoms with van der Waals surface area (Å²) in [6.07, 6.45) is 2.36. The van der Waals surface area contributed by atoms with Gasteiger partial charge in [0.2, 0.25) is 0 Å². The van der Waals surface area contributed by atoms with Crippen LogP contribution in [0.5, 0.6) is 0 Å². The Morgan fingerprint density at radius 3 is 3.19 bits per heavy atom. The first kappa shape index (κ1) is 9.70. The van der Waals surface area contributed by atoms with E-state index in [1.54, 1.807) is 0 Å². The summed E-state index contributed by atoms with van der Waals surface area (Å²) in [7, 11) is 0. The van der Waals surface area contributed by atoms with Gasteiger partial charge in [0.05, 0.1) is 12.6 Å². The minimum Gasteiger partial charge on any atom is -0.355 e. The monoisotopic (exact) mass is 215 g/mol. The van der Waals surface area contributed by atoms with Crippen LogP contribution in [0.1, 0.15) is 29.2 Å². The molecule has 1 aromatic rings. The van der Waals surface area contributed by atoms with E-state index in [4.69, 9.17) is 0 Å². The predicted octanol–water partition coefficient (Wildman–Crippen LogP) is 1.53. The zero-order valence-electron chi connectivity index (χ0n) is 9.59. The molecule has 1 aromatic carbocycles. The molecule has 0 fully saturated rings. The standard InChI is InChI=1S/C13H17N3/c1-9-2-3-10-4-5-12(11(10)8-9)16-13-14-6-7-15-13/h2-3,8,12H,4-7H2,1H3,(H2,14,15,16). The maximum absolute atomic E-state index is 4.39. The highest BCUT2D eigenvalue weighted by atomic mass is 15.2. The van der Waals surface area contributed by atoms with Gasteiger partial charge in [-0.25, -0.2) is 0 Å². The zero-order valence-corrected chi connectivity index (χ0v) is 9.59. The fourth-order valence-electron chi connectivity index (χ4n) is 2.53. The van der Waals surface area contributed by atoms with Crippen molar-refractivity contribution in [2.45, 2.75) is 25.8 Å². The molecule has 1 aliphatic carbocycles. The number of rotatable bonds is 1. The normalized spacial score (nSPS) is 22.6. The second-order valence-electron chi connectivity index (χ2n) is 4.59. The molecule has 0 saturated carbocycles. The summed E-state index contributed by atoms with van der Waals surface area (Å²) in [5.41, 5.74) is 4.28. The molecule has 16 heavy (non-hydrogen) atoms. The van der Waals surface area contributed by atoms with Gasteiger partial charge in [0.15, 0.2) is 5.96 Å². The Balaban J connectivity index is 1.82. The molecule has 1 heterocycles. The van der Waals surface area contributed by atoms with Crippen LogP contribution in [0, 0.1) is 6.92 Å². The van der Waals surface area contributed by atoms with E-state index in [9.17, 15) is 0 Å². The van der Waals surface area contributed by atoms with Crippen LogP contribution in [0.4, 0.5) is 0 Å². The van der Waals surface area contributed by atoms with Gasteiger partial charge in [-0.3, -0.25) is 4.99 Å². The van der Waals surface area contributed by atoms with Crippen molar-refractivity contribution in [3.05, 3.63) is 34.9 Å². The van der Waals surface area contributed by atoms with Crippen LogP contribution in [0.2, 0.25) is 0 Å². The highest BCUT2D eigenvalue weighted by Crippen LogP contribution is 2.31. The van der Waals surface area contributed by atoms with Gasteiger partial charge < -0.3 is 10.6 Å². The highest BCUT2D eigenvalue weighted by Gasteiger charge is 2.23. The summed E-state index contributed by atoms with van der Waals surface area (Å²) in [5.74, 6) is 0.972. The maximum Gasteiger partial charge on any atom is 0.191 e. The number of benzene rings is 1. The molecule has 0 aromatic heterocycles. The topological polar surface area (TPSA) is 36.4 Å². The van der Waals surface area contributed by atoms with Gasteiger partial charge in [-0.2, -0.15) is 0 Å². The summed E-state index contributed by atoms with van der Waals surface area (Å²) in [6.45, 7) is 4.02. The molecule has 3 nitrogen and oxygen atoms in total. The third kappa shape index (κ3) is 1.66. The number of fused-ring (bicyclic) bond motifs is 1. The van der Waals surface area contributed by atoms with Crippen LogP contribution in [0.15, 0.2) is 23.2 Å². The van der Waals surface area contributed by atoms with Crippen molar-refractivity contribution in [2.75, 3.05) is 13.1 Å². The lowest BCUT2D eigenvalue weighted by Crippen LogP contribution is -2.35. The van der Waals surface area contributed by atoms with Crippen molar-refractivity contribution in [1.82, 2.24) is 10.6 Å². The summed E-state index contributed by atoms with van der Waals surface area (Å²) in [5, 5.41) is 6.77. The molecule has 1 unspecified atom stereocenters. The molecule has 84 valence electrons. The lowest BCUT2D eigenvalue weighted by Gasteiger charge is -2.15.